The lowest BCUT2D eigenvalue weighted by Gasteiger charge is -1.82. The Bertz CT molecular complexity index is 479. The summed E-state index contributed by atoms with van der Waals surface area (Å²) in [5.41, 5.74) is 0.684. The molecule has 0 aliphatic heterocycles. The van der Waals surface area contributed by atoms with E-state index >= 15 is 0 Å². The van der Waals surface area contributed by atoms with Gasteiger partial charge >= 0.3 is 0 Å². The maximum absolute atomic E-state index is 11.0. The summed E-state index contributed by atoms with van der Waals surface area (Å²) >= 11 is 2.96. The van der Waals surface area contributed by atoms with Gasteiger partial charge in [-0.3, -0.25) is 9.59 Å². The van der Waals surface area contributed by atoms with Crippen molar-refractivity contribution in [2.75, 3.05) is 0 Å². The summed E-state index contributed by atoms with van der Waals surface area (Å²) in [6.07, 6.45) is 0.829. The first-order valence-electron chi connectivity index (χ1n) is 3.69. The molecule has 0 aromatic carbocycles. The first-order valence-corrected chi connectivity index (χ1v) is 5.39. The van der Waals surface area contributed by atoms with E-state index in [0.717, 1.165) is 20.6 Å². The zero-order chi connectivity index (χ0) is 9.42. The summed E-state index contributed by atoms with van der Waals surface area (Å²) in [6.45, 7) is 1.54. The molecule has 0 bridgehead atoms. The standard InChI is InChI=1S/C9H6O2S2/c1-5(11)8-2-7-6(3-10)4-12-9(7)13-8/h2-4H,1H3. The highest BCUT2D eigenvalue weighted by Gasteiger charge is 2.10. The number of fused-ring (bicyclic) bond motifs is 1. The Hall–Kier alpha value is -1.00. The van der Waals surface area contributed by atoms with Crippen LogP contribution in [0.2, 0.25) is 0 Å². The van der Waals surface area contributed by atoms with Crippen LogP contribution in [0, 0.1) is 0 Å². The first kappa shape index (κ1) is 8.59. The highest BCUT2D eigenvalue weighted by molar-refractivity contribution is 7.38. The Morgan fingerprint density at radius 2 is 2.31 bits per heavy atom. The van der Waals surface area contributed by atoms with Crippen molar-refractivity contribution < 1.29 is 9.59 Å². The van der Waals surface area contributed by atoms with Crippen LogP contribution in [0.1, 0.15) is 27.0 Å². The van der Waals surface area contributed by atoms with Gasteiger partial charge in [0.2, 0.25) is 0 Å². The van der Waals surface area contributed by atoms with Crippen LogP contribution in [0.3, 0.4) is 0 Å². The second kappa shape index (κ2) is 3.05. The van der Waals surface area contributed by atoms with E-state index in [4.69, 9.17) is 0 Å². The molecule has 0 N–H and O–H groups in total. The van der Waals surface area contributed by atoms with E-state index in [1.807, 2.05) is 5.38 Å². The molecule has 0 amide bonds. The minimum absolute atomic E-state index is 0.0604. The van der Waals surface area contributed by atoms with Crippen molar-refractivity contribution >= 4 is 44.1 Å². The number of rotatable bonds is 2. The van der Waals surface area contributed by atoms with Crippen LogP contribution in [0.15, 0.2) is 11.4 Å². The van der Waals surface area contributed by atoms with Crippen molar-refractivity contribution in [1.29, 1.82) is 0 Å². The summed E-state index contributed by atoms with van der Waals surface area (Å²) in [4.78, 5) is 22.4. The highest BCUT2D eigenvalue weighted by atomic mass is 32.2. The number of carbonyl (C=O) groups excluding carboxylic acids is 2. The number of ketones is 1. The molecule has 0 atom stereocenters. The number of thiophene rings is 2. The molecule has 2 aromatic rings. The minimum atomic E-state index is 0.0604. The van der Waals surface area contributed by atoms with E-state index in [1.165, 1.54) is 29.6 Å². The first-order chi connectivity index (χ1) is 6.22. The van der Waals surface area contributed by atoms with Gasteiger partial charge in [0.05, 0.1) is 8.89 Å². The van der Waals surface area contributed by atoms with Gasteiger partial charge in [0.25, 0.3) is 0 Å². The van der Waals surface area contributed by atoms with Gasteiger partial charge in [0, 0.05) is 16.3 Å². The van der Waals surface area contributed by atoms with E-state index in [1.54, 1.807) is 6.07 Å². The monoisotopic (exact) mass is 210 g/mol. The van der Waals surface area contributed by atoms with Crippen molar-refractivity contribution in [3.05, 3.63) is 21.9 Å². The largest absolute Gasteiger partial charge is 0.298 e. The third kappa shape index (κ3) is 1.32. The fourth-order valence-electron chi connectivity index (χ4n) is 1.11. The number of hydrogen-bond acceptors (Lipinski definition) is 4. The molecule has 0 radical (unpaired) electrons. The minimum Gasteiger partial charge on any atom is -0.298 e. The van der Waals surface area contributed by atoms with Gasteiger partial charge < -0.3 is 0 Å². The van der Waals surface area contributed by atoms with Gasteiger partial charge in [-0.05, 0) is 13.0 Å². The van der Waals surface area contributed by atoms with E-state index in [2.05, 4.69) is 0 Å². The molecule has 66 valence electrons. The van der Waals surface area contributed by atoms with Crippen LogP contribution in [-0.2, 0) is 0 Å². The quantitative estimate of drug-likeness (QED) is 0.564. The molecule has 0 aliphatic rings. The molecule has 2 heterocycles. The van der Waals surface area contributed by atoms with E-state index < -0.39 is 0 Å². The zero-order valence-electron chi connectivity index (χ0n) is 6.87. The molecule has 2 nitrogen and oxygen atoms in total. The summed E-state index contributed by atoms with van der Waals surface area (Å²) in [5.74, 6) is 0.0604. The van der Waals surface area contributed by atoms with Gasteiger partial charge in [-0.1, -0.05) is 0 Å². The molecule has 0 saturated carbocycles. The van der Waals surface area contributed by atoms with E-state index in [-0.39, 0.29) is 5.78 Å². The van der Waals surface area contributed by atoms with Crippen LogP contribution in [0.5, 0.6) is 0 Å². The third-order valence-electron chi connectivity index (χ3n) is 1.78. The number of carbonyl (C=O) groups is 2. The van der Waals surface area contributed by atoms with Gasteiger partial charge in [-0.15, -0.1) is 22.7 Å². The molecular formula is C9H6O2S2. The lowest BCUT2D eigenvalue weighted by Crippen LogP contribution is -1.84. The highest BCUT2D eigenvalue weighted by Crippen LogP contribution is 2.33. The molecule has 0 fully saturated rings. The second-order valence-corrected chi connectivity index (χ2v) is 4.87. The topological polar surface area (TPSA) is 34.1 Å². The van der Waals surface area contributed by atoms with Crippen molar-refractivity contribution in [2.45, 2.75) is 6.92 Å². The maximum atomic E-state index is 11.0. The Labute approximate surface area is 82.8 Å². The average molecular weight is 210 g/mol. The fourth-order valence-corrected chi connectivity index (χ4v) is 3.24. The van der Waals surface area contributed by atoms with E-state index in [0.29, 0.717) is 5.56 Å². The average Bonchev–Trinajstić information content (AvgIpc) is 2.60. The van der Waals surface area contributed by atoms with Crippen LogP contribution in [0.4, 0.5) is 0 Å². The van der Waals surface area contributed by atoms with Crippen molar-refractivity contribution in [3.8, 4) is 0 Å². The van der Waals surface area contributed by atoms with Crippen LogP contribution in [0.25, 0.3) is 9.40 Å². The van der Waals surface area contributed by atoms with Crippen LogP contribution >= 0.6 is 22.7 Å². The van der Waals surface area contributed by atoms with Gasteiger partial charge in [0.1, 0.15) is 0 Å². The molecule has 2 aromatic heterocycles. The van der Waals surface area contributed by atoms with Gasteiger partial charge in [-0.2, -0.15) is 0 Å². The van der Waals surface area contributed by atoms with Gasteiger partial charge in [-0.25, -0.2) is 0 Å². The third-order valence-corrected chi connectivity index (χ3v) is 4.15. The Morgan fingerprint density at radius 3 is 2.92 bits per heavy atom. The van der Waals surface area contributed by atoms with Crippen LogP contribution < -0.4 is 0 Å². The lowest BCUT2D eigenvalue weighted by atomic mass is 10.2. The Kier molecular flexibility index (Phi) is 2.01. The predicted molar refractivity (Wildman–Crippen MR) is 55.1 cm³/mol. The van der Waals surface area contributed by atoms with Crippen LogP contribution in [-0.4, -0.2) is 12.1 Å². The van der Waals surface area contributed by atoms with Gasteiger partial charge in [0.15, 0.2) is 12.1 Å². The maximum Gasteiger partial charge on any atom is 0.169 e. The smallest absolute Gasteiger partial charge is 0.169 e. The fraction of sp³-hybridized carbons (Fsp3) is 0.111. The predicted octanol–water partition coefficient (Wildman–Crippen LogP) is 2.98. The molecule has 0 spiro atoms. The SMILES string of the molecule is CC(=O)c1cc2c(C=O)csc2s1. The van der Waals surface area contributed by atoms with Crippen molar-refractivity contribution in [3.63, 3.8) is 0 Å². The summed E-state index contributed by atoms with van der Waals surface area (Å²) in [5, 5.41) is 2.73. The second-order valence-electron chi connectivity index (χ2n) is 2.68. The zero-order valence-corrected chi connectivity index (χ0v) is 8.50. The molecule has 0 unspecified atom stereocenters. The van der Waals surface area contributed by atoms with Crippen molar-refractivity contribution in [1.82, 2.24) is 0 Å². The summed E-state index contributed by atoms with van der Waals surface area (Å²) in [6, 6.07) is 1.79. The normalized spacial score (nSPS) is 10.5. The Morgan fingerprint density at radius 1 is 1.54 bits per heavy atom. The molecule has 0 saturated heterocycles. The molecule has 2 rings (SSSR count). The lowest BCUT2D eigenvalue weighted by molar-refractivity contribution is 0.102. The molecular weight excluding hydrogens is 204 g/mol. The summed E-state index contributed by atoms with van der Waals surface area (Å²) < 4.78 is 1.05. The van der Waals surface area contributed by atoms with E-state index in [9.17, 15) is 9.59 Å². The molecule has 13 heavy (non-hydrogen) atoms. The number of aldehydes is 1. The Balaban J connectivity index is 2.69. The van der Waals surface area contributed by atoms with Crippen molar-refractivity contribution in [2.24, 2.45) is 0 Å². The number of Topliss-reactive ketones (excluding diaryl/α,β-unsaturated/α-hetero) is 1. The molecule has 0 aliphatic carbocycles. The molecule has 4 heteroatoms. The summed E-state index contributed by atoms with van der Waals surface area (Å²) in [7, 11) is 0. The number of hydrogen-bond donors (Lipinski definition) is 0.